The van der Waals surface area contributed by atoms with E-state index >= 15 is 0 Å². The van der Waals surface area contributed by atoms with Crippen LogP contribution >= 0.6 is 0 Å². The molecule has 4 rings (SSSR count). The number of alkyl carbamates (subject to hydrolysis) is 1. The molecular formula is C38H47N5O4. The van der Waals surface area contributed by atoms with Gasteiger partial charge in [-0.25, -0.2) is 9.78 Å². The van der Waals surface area contributed by atoms with Crippen molar-refractivity contribution in [1.29, 1.82) is 0 Å². The molecule has 3 N–H and O–H groups in total. The maximum absolute atomic E-state index is 14.6. The van der Waals surface area contributed by atoms with Crippen LogP contribution in [0.15, 0.2) is 97.5 Å². The Morgan fingerprint density at radius 1 is 0.915 bits per heavy atom. The highest BCUT2D eigenvalue weighted by Crippen LogP contribution is 2.31. The maximum Gasteiger partial charge on any atom is 0.408 e. The van der Waals surface area contributed by atoms with E-state index in [0.29, 0.717) is 12.2 Å². The van der Waals surface area contributed by atoms with E-state index in [2.05, 4.69) is 39.7 Å². The molecule has 0 spiro atoms. The topological polar surface area (TPSA) is 116 Å². The van der Waals surface area contributed by atoms with Gasteiger partial charge in [0.1, 0.15) is 12.6 Å². The second-order valence-corrected chi connectivity index (χ2v) is 12.0. The number of aryl methyl sites for hydroxylation is 1. The normalized spacial score (nSPS) is 12.8. The van der Waals surface area contributed by atoms with E-state index in [9.17, 15) is 14.4 Å². The van der Waals surface area contributed by atoms with Crippen molar-refractivity contribution in [2.45, 2.75) is 71.6 Å². The Morgan fingerprint density at radius 2 is 1.64 bits per heavy atom. The second-order valence-electron chi connectivity index (χ2n) is 12.0. The third kappa shape index (κ3) is 10.8. The summed E-state index contributed by atoms with van der Waals surface area (Å²) in [6.45, 7) is 7.19. The number of ether oxygens (including phenoxy) is 1. The smallest absolute Gasteiger partial charge is 0.408 e. The number of hydrogen-bond donors (Lipinski definition) is 3. The molecule has 0 aliphatic carbocycles. The van der Waals surface area contributed by atoms with E-state index in [1.54, 1.807) is 17.4 Å². The highest BCUT2D eigenvalue weighted by Gasteiger charge is 2.35. The van der Waals surface area contributed by atoms with Gasteiger partial charge in [0.15, 0.2) is 0 Å². The summed E-state index contributed by atoms with van der Waals surface area (Å²) in [4.78, 5) is 50.6. The van der Waals surface area contributed by atoms with Crippen LogP contribution in [0, 0.1) is 12.8 Å². The Morgan fingerprint density at radius 3 is 2.30 bits per heavy atom. The molecule has 0 fully saturated rings. The van der Waals surface area contributed by atoms with Crippen molar-refractivity contribution in [2.75, 3.05) is 13.1 Å². The fourth-order valence-electron chi connectivity index (χ4n) is 5.83. The number of imidazole rings is 1. The molecule has 3 amide bonds. The molecule has 9 heteroatoms. The van der Waals surface area contributed by atoms with Gasteiger partial charge in [0.05, 0.1) is 12.2 Å². The van der Waals surface area contributed by atoms with E-state index < -0.39 is 18.1 Å². The number of rotatable bonds is 17. The fraction of sp³-hybridized carbons (Fsp3) is 0.368. The standard InChI is InChI=1S/C38H47N5O4/c1-4-13-33(31-18-10-7-11-19-31)34(36(44)40-20-5-2)25-43(24-30-17-12-14-28(3)21-30)37(45)35(22-32-23-39-27-41-32)42-38(46)47-26-29-15-8-6-9-16-29/h6-12,14-19,21,23,27,33-35H,4-5,13,20,22,24-26H2,1-3H3,(H,39,41)(H,40,44)(H,42,46). The zero-order valence-corrected chi connectivity index (χ0v) is 27.7. The van der Waals surface area contributed by atoms with Crippen LogP contribution in [0.25, 0.3) is 0 Å². The molecular weight excluding hydrogens is 590 g/mol. The molecule has 0 saturated heterocycles. The van der Waals surface area contributed by atoms with Crippen LogP contribution in [0.1, 0.15) is 67.0 Å². The second kappa shape index (κ2) is 18.3. The van der Waals surface area contributed by atoms with Gasteiger partial charge in [-0.05, 0) is 42.4 Å². The van der Waals surface area contributed by atoms with E-state index in [4.69, 9.17) is 4.74 Å². The number of carbonyl (C=O) groups is 3. The first-order chi connectivity index (χ1) is 22.9. The van der Waals surface area contributed by atoms with Gasteiger partial charge in [0.25, 0.3) is 0 Å². The van der Waals surface area contributed by atoms with Crippen molar-refractivity contribution < 1.29 is 19.1 Å². The molecule has 9 nitrogen and oxygen atoms in total. The Kier molecular flexibility index (Phi) is 13.6. The molecule has 3 aromatic carbocycles. The van der Waals surface area contributed by atoms with E-state index in [1.165, 1.54) is 0 Å². The summed E-state index contributed by atoms with van der Waals surface area (Å²) in [7, 11) is 0. The van der Waals surface area contributed by atoms with Gasteiger partial charge in [-0.15, -0.1) is 0 Å². The van der Waals surface area contributed by atoms with Crippen LogP contribution in [-0.4, -0.2) is 51.9 Å². The number of aromatic nitrogens is 2. The fourth-order valence-corrected chi connectivity index (χ4v) is 5.83. The molecule has 0 aliphatic heterocycles. The summed E-state index contributed by atoms with van der Waals surface area (Å²) in [5.74, 6) is -1.03. The predicted octanol–water partition coefficient (Wildman–Crippen LogP) is 6.31. The van der Waals surface area contributed by atoms with Crippen molar-refractivity contribution in [1.82, 2.24) is 25.5 Å². The molecule has 0 bridgehead atoms. The lowest BCUT2D eigenvalue weighted by molar-refractivity contribution is -0.136. The summed E-state index contributed by atoms with van der Waals surface area (Å²) < 4.78 is 5.52. The number of amides is 3. The largest absolute Gasteiger partial charge is 0.445 e. The average Bonchev–Trinajstić information content (AvgIpc) is 3.61. The molecule has 1 heterocycles. The quantitative estimate of drug-likeness (QED) is 0.126. The minimum Gasteiger partial charge on any atom is -0.445 e. The van der Waals surface area contributed by atoms with Crippen molar-refractivity contribution in [2.24, 2.45) is 5.92 Å². The minimum atomic E-state index is -0.968. The van der Waals surface area contributed by atoms with Crippen LogP contribution in [0.2, 0.25) is 0 Å². The van der Waals surface area contributed by atoms with Gasteiger partial charge in [-0.1, -0.05) is 111 Å². The highest BCUT2D eigenvalue weighted by atomic mass is 16.5. The molecule has 0 radical (unpaired) electrons. The van der Waals surface area contributed by atoms with Crippen molar-refractivity contribution in [3.8, 4) is 0 Å². The molecule has 3 unspecified atom stereocenters. The van der Waals surface area contributed by atoms with Crippen molar-refractivity contribution in [3.05, 3.63) is 125 Å². The maximum atomic E-state index is 14.6. The summed E-state index contributed by atoms with van der Waals surface area (Å²) >= 11 is 0. The zero-order valence-electron chi connectivity index (χ0n) is 27.7. The molecule has 0 saturated carbocycles. The average molecular weight is 638 g/mol. The number of benzene rings is 3. The van der Waals surface area contributed by atoms with Crippen molar-refractivity contribution >= 4 is 17.9 Å². The van der Waals surface area contributed by atoms with Gasteiger partial charge in [0.2, 0.25) is 11.8 Å². The molecule has 47 heavy (non-hydrogen) atoms. The monoisotopic (exact) mass is 637 g/mol. The lowest BCUT2D eigenvalue weighted by atomic mass is 9.81. The highest BCUT2D eigenvalue weighted by molar-refractivity contribution is 5.87. The van der Waals surface area contributed by atoms with Crippen LogP contribution in [0.5, 0.6) is 0 Å². The van der Waals surface area contributed by atoms with Crippen LogP contribution < -0.4 is 10.6 Å². The third-order valence-corrected chi connectivity index (χ3v) is 8.17. The molecule has 1 aromatic heterocycles. The Bertz CT molecular complexity index is 1530. The zero-order chi connectivity index (χ0) is 33.4. The first-order valence-electron chi connectivity index (χ1n) is 16.5. The Hall–Kier alpha value is -4.92. The number of carbonyl (C=O) groups excluding carboxylic acids is 3. The Balaban J connectivity index is 1.68. The summed E-state index contributed by atoms with van der Waals surface area (Å²) in [5, 5.41) is 5.93. The SMILES string of the molecule is CCCNC(=O)C(CN(Cc1cccc(C)c1)C(=O)C(Cc1cnc[nH]1)NC(=O)OCc1ccccc1)C(CCC)c1ccccc1. The molecule has 4 aromatic rings. The van der Waals surface area contributed by atoms with Gasteiger partial charge in [-0.3, -0.25) is 9.59 Å². The van der Waals surface area contributed by atoms with E-state index in [1.807, 2.05) is 86.6 Å². The first-order valence-corrected chi connectivity index (χ1v) is 16.5. The third-order valence-electron chi connectivity index (χ3n) is 8.17. The predicted molar refractivity (Wildman–Crippen MR) is 183 cm³/mol. The van der Waals surface area contributed by atoms with Crippen molar-refractivity contribution in [3.63, 3.8) is 0 Å². The van der Waals surface area contributed by atoms with Gasteiger partial charge < -0.3 is 25.3 Å². The minimum absolute atomic E-state index is 0.0695. The number of H-pyrrole nitrogens is 1. The van der Waals surface area contributed by atoms with E-state index in [0.717, 1.165) is 41.5 Å². The molecule has 0 aliphatic rings. The number of hydrogen-bond acceptors (Lipinski definition) is 5. The number of nitrogens with one attached hydrogen (secondary N) is 3. The van der Waals surface area contributed by atoms with Crippen LogP contribution in [0.4, 0.5) is 4.79 Å². The summed E-state index contributed by atoms with van der Waals surface area (Å²) in [6, 6.07) is 26.4. The summed E-state index contributed by atoms with van der Waals surface area (Å²) in [5.41, 5.74) is 4.59. The summed E-state index contributed by atoms with van der Waals surface area (Å²) in [6.07, 6.45) is 5.10. The lowest BCUT2D eigenvalue weighted by Gasteiger charge is -2.34. The molecule has 3 atom stereocenters. The first kappa shape index (κ1) is 34.9. The van der Waals surface area contributed by atoms with Crippen LogP contribution in [-0.2, 0) is 33.9 Å². The molecule has 248 valence electrons. The lowest BCUT2D eigenvalue weighted by Crippen LogP contribution is -2.52. The van der Waals surface area contributed by atoms with E-state index in [-0.39, 0.29) is 43.8 Å². The number of aromatic amines is 1. The number of nitrogens with zero attached hydrogens (tertiary/aromatic N) is 2. The van der Waals surface area contributed by atoms with Gasteiger partial charge >= 0.3 is 6.09 Å². The van der Waals surface area contributed by atoms with Gasteiger partial charge in [0, 0.05) is 37.9 Å². The van der Waals surface area contributed by atoms with Crippen LogP contribution in [0.3, 0.4) is 0 Å². The van der Waals surface area contributed by atoms with Gasteiger partial charge in [-0.2, -0.15) is 0 Å². The Labute approximate surface area is 278 Å².